The number of hydrogen-bond donors (Lipinski definition) is 2. The van der Waals surface area contributed by atoms with Crippen LogP contribution in [0.5, 0.6) is 5.75 Å². The molecular formula is C19H24N4O2. The first-order valence-corrected chi connectivity index (χ1v) is 8.79. The highest BCUT2D eigenvalue weighted by molar-refractivity contribution is 5.93. The number of nitrogens with one attached hydrogen (secondary N) is 2. The van der Waals surface area contributed by atoms with Gasteiger partial charge in [0.05, 0.1) is 18.4 Å². The molecule has 1 aromatic heterocycles. The van der Waals surface area contributed by atoms with E-state index in [2.05, 4.69) is 20.6 Å². The maximum absolute atomic E-state index is 12.4. The standard InChI is InChI=1S/C19H24N4O2/c1-25-17-11-7-6-10-16(17)23-19-20-12-14(13-21-19)18(24)22-15-8-4-2-3-5-9-15/h6-7,10-13,15H,2-5,8-9H2,1H3,(H,22,24)(H,20,21,23). The van der Waals surface area contributed by atoms with Crippen molar-refractivity contribution in [2.45, 2.75) is 44.6 Å². The van der Waals surface area contributed by atoms with Gasteiger partial charge in [0.25, 0.3) is 5.91 Å². The number of carbonyl (C=O) groups excluding carboxylic acids is 1. The Kier molecular flexibility index (Phi) is 5.82. The van der Waals surface area contributed by atoms with Gasteiger partial charge in [-0.2, -0.15) is 0 Å². The summed E-state index contributed by atoms with van der Waals surface area (Å²) in [5.74, 6) is 1.03. The molecule has 0 unspecified atom stereocenters. The second-order valence-electron chi connectivity index (χ2n) is 6.28. The van der Waals surface area contributed by atoms with Gasteiger partial charge in [-0.1, -0.05) is 37.8 Å². The summed E-state index contributed by atoms with van der Waals surface area (Å²) < 4.78 is 5.29. The van der Waals surface area contributed by atoms with Crippen LogP contribution in [0.1, 0.15) is 48.9 Å². The van der Waals surface area contributed by atoms with Gasteiger partial charge in [-0.3, -0.25) is 4.79 Å². The van der Waals surface area contributed by atoms with Crippen molar-refractivity contribution in [2.75, 3.05) is 12.4 Å². The minimum atomic E-state index is -0.101. The lowest BCUT2D eigenvalue weighted by atomic mass is 10.1. The Morgan fingerprint density at radius 1 is 1.08 bits per heavy atom. The second kappa shape index (κ2) is 8.46. The molecule has 1 aliphatic carbocycles. The first-order chi connectivity index (χ1) is 12.3. The van der Waals surface area contributed by atoms with Crippen LogP contribution in [0.4, 0.5) is 11.6 Å². The van der Waals surface area contributed by atoms with Crippen LogP contribution in [0, 0.1) is 0 Å². The number of benzene rings is 1. The van der Waals surface area contributed by atoms with Gasteiger partial charge in [-0.25, -0.2) is 9.97 Å². The van der Waals surface area contributed by atoms with Gasteiger partial charge in [0.15, 0.2) is 0 Å². The van der Waals surface area contributed by atoms with Crippen LogP contribution >= 0.6 is 0 Å². The fourth-order valence-corrected chi connectivity index (χ4v) is 3.07. The maximum atomic E-state index is 12.4. The van der Waals surface area contributed by atoms with Gasteiger partial charge in [0.2, 0.25) is 5.95 Å². The zero-order valence-electron chi connectivity index (χ0n) is 14.5. The number of nitrogens with zero attached hydrogens (tertiary/aromatic N) is 2. The number of hydrogen-bond acceptors (Lipinski definition) is 5. The monoisotopic (exact) mass is 340 g/mol. The minimum absolute atomic E-state index is 0.101. The highest BCUT2D eigenvalue weighted by Crippen LogP contribution is 2.25. The highest BCUT2D eigenvalue weighted by Gasteiger charge is 2.16. The van der Waals surface area contributed by atoms with E-state index >= 15 is 0 Å². The van der Waals surface area contributed by atoms with E-state index in [1.807, 2.05) is 24.3 Å². The second-order valence-corrected chi connectivity index (χ2v) is 6.28. The number of methoxy groups -OCH3 is 1. The summed E-state index contributed by atoms with van der Waals surface area (Å²) in [6.45, 7) is 0. The number of anilines is 2. The Balaban J connectivity index is 1.62. The molecule has 2 aromatic rings. The Hall–Kier alpha value is -2.63. The Bertz CT molecular complexity index is 695. The van der Waals surface area contributed by atoms with Crippen molar-refractivity contribution in [3.63, 3.8) is 0 Å². The van der Waals surface area contributed by atoms with Gasteiger partial charge >= 0.3 is 0 Å². The van der Waals surface area contributed by atoms with E-state index in [-0.39, 0.29) is 11.9 Å². The summed E-state index contributed by atoms with van der Waals surface area (Å²) in [5, 5.41) is 6.20. The quantitative estimate of drug-likeness (QED) is 0.812. The summed E-state index contributed by atoms with van der Waals surface area (Å²) in [7, 11) is 1.61. The van der Waals surface area contributed by atoms with E-state index in [1.54, 1.807) is 19.5 Å². The van der Waals surface area contributed by atoms with E-state index in [9.17, 15) is 4.79 Å². The highest BCUT2D eigenvalue weighted by atomic mass is 16.5. The zero-order chi connectivity index (χ0) is 17.5. The summed E-state index contributed by atoms with van der Waals surface area (Å²) in [5.41, 5.74) is 1.26. The summed E-state index contributed by atoms with van der Waals surface area (Å²) in [6, 6.07) is 7.80. The molecule has 0 spiro atoms. The summed E-state index contributed by atoms with van der Waals surface area (Å²) >= 11 is 0. The Labute approximate surface area is 148 Å². The van der Waals surface area contributed by atoms with Crippen molar-refractivity contribution in [1.29, 1.82) is 0 Å². The fraction of sp³-hybridized carbons (Fsp3) is 0.421. The third kappa shape index (κ3) is 4.68. The predicted octanol–water partition coefficient (Wildman–Crippen LogP) is 3.68. The van der Waals surface area contributed by atoms with Crippen molar-refractivity contribution in [1.82, 2.24) is 15.3 Å². The number of amides is 1. The van der Waals surface area contributed by atoms with Crippen molar-refractivity contribution in [2.24, 2.45) is 0 Å². The van der Waals surface area contributed by atoms with Crippen molar-refractivity contribution < 1.29 is 9.53 Å². The van der Waals surface area contributed by atoms with Crippen LogP contribution in [0.25, 0.3) is 0 Å². The van der Waals surface area contributed by atoms with Crippen LogP contribution in [0.15, 0.2) is 36.7 Å². The molecule has 0 atom stereocenters. The lowest BCUT2D eigenvalue weighted by Gasteiger charge is -2.16. The van der Waals surface area contributed by atoms with Gasteiger partial charge in [0, 0.05) is 18.4 Å². The zero-order valence-corrected chi connectivity index (χ0v) is 14.5. The summed E-state index contributed by atoms with van der Waals surface area (Å²) in [6.07, 6.45) is 10.1. The molecule has 132 valence electrons. The van der Waals surface area contributed by atoms with Crippen LogP contribution in [0.2, 0.25) is 0 Å². The third-order valence-electron chi connectivity index (χ3n) is 4.46. The molecule has 6 heteroatoms. The third-order valence-corrected chi connectivity index (χ3v) is 4.46. The molecule has 1 aliphatic rings. The van der Waals surface area contributed by atoms with Crippen molar-refractivity contribution in [3.8, 4) is 5.75 Å². The van der Waals surface area contributed by atoms with Gasteiger partial charge < -0.3 is 15.4 Å². The summed E-state index contributed by atoms with van der Waals surface area (Å²) in [4.78, 5) is 20.9. The van der Waals surface area contributed by atoms with E-state index in [4.69, 9.17) is 4.74 Å². The van der Waals surface area contributed by atoms with Crippen molar-refractivity contribution in [3.05, 3.63) is 42.2 Å². The molecule has 0 saturated heterocycles. The van der Waals surface area contributed by atoms with Crippen LogP contribution in [-0.2, 0) is 0 Å². The lowest BCUT2D eigenvalue weighted by molar-refractivity contribution is 0.0932. The first-order valence-electron chi connectivity index (χ1n) is 8.79. The molecule has 1 saturated carbocycles. The number of aromatic nitrogens is 2. The molecular weight excluding hydrogens is 316 g/mol. The lowest BCUT2D eigenvalue weighted by Crippen LogP contribution is -2.34. The molecule has 2 N–H and O–H groups in total. The van der Waals surface area contributed by atoms with Crippen LogP contribution in [-0.4, -0.2) is 29.0 Å². The molecule has 25 heavy (non-hydrogen) atoms. The number of ether oxygens (including phenoxy) is 1. The smallest absolute Gasteiger partial charge is 0.254 e. The van der Waals surface area contributed by atoms with Crippen LogP contribution in [0.3, 0.4) is 0 Å². The van der Waals surface area contributed by atoms with Crippen LogP contribution < -0.4 is 15.4 Å². The molecule has 3 rings (SSSR count). The minimum Gasteiger partial charge on any atom is -0.495 e. The normalized spacial score (nSPS) is 15.2. The fourth-order valence-electron chi connectivity index (χ4n) is 3.07. The van der Waals surface area contributed by atoms with E-state index < -0.39 is 0 Å². The number of rotatable bonds is 5. The Morgan fingerprint density at radius 2 is 1.76 bits per heavy atom. The molecule has 1 heterocycles. The molecule has 1 fully saturated rings. The van der Waals surface area contributed by atoms with Gasteiger partial charge in [0.1, 0.15) is 5.75 Å². The topological polar surface area (TPSA) is 76.1 Å². The number of para-hydroxylation sites is 2. The molecule has 0 aliphatic heterocycles. The molecule has 1 aromatic carbocycles. The largest absolute Gasteiger partial charge is 0.495 e. The molecule has 1 amide bonds. The number of carbonyl (C=O) groups is 1. The Morgan fingerprint density at radius 3 is 2.44 bits per heavy atom. The molecule has 6 nitrogen and oxygen atoms in total. The van der Waals surface area contributed by atoms with Crippen molar-refractivity contribution >= 4 is 17.5 Å². The average molecular weight is 340 g/mol. The molecule has 0 radical (unpaired) electrons. The average Bonchev–Trinajstić information content (AvgIpc) is 2.91. The first kappa shape index (κ1) is 17.2. The SMILES string of the molecule is COc1ccccc1Nc1ncc(C(=O)NC2CCCCCC2)cn1. The van der Waals surface area contributed by atoms with Gasteiger partial charge in [-0.15, -0.1) is 0 Å². The van der Waals surface area contributed by atoms with Gasteiger partial charge in [-0.05, 0) is 25.0 Å². The van der Waals surface area contributed by atoms with E-state index in [0.29, 0.717) is 17.3 Å². The predicted molar refractivity (Wildman–Crippen MR) is 97.3 cm³/mol. The van der Waals surface area contributed by atoms with E-state index in [0.717, 1.165) is 18.5 Å². The molecule has 0 bridgehead atoms. The maximum Gasteiger partial charge on any atom is 0.254 e. The van der Waals surface area contributed by atoms with E-state index in [1.165, 1.54) is 25.7 Å².